The summed E-state index contributed by atoms with van der Waals surface area (Å²) in [4.78, 5) is 5.17. The lowest BCUT2D eigenvalue weighted by atomic mass is 10.3. The summed E-state index contributed by atoms with van der Waals surface area (Å²) in [5.41, 5.74) is 0.983. The third-order valence-corrected chi connectivity index (χ3v) is 5.51. The van der Waals surface area contributed by atoms with Crippen molar-refractivity contribution in [3.8, 4) is 5.75 Å². The maximum absolute atomic E-state index is 5.70. The molecule has 0 saturated heterocycles. The molecule has 0 aliphatic heterocycles. The third kappa shape index (κ3) is 6.30. The highest BCUT2D eigenvalue weighted by Gasteiger charge is 2.14. The van der Waals surface area contributed by atoms with Crippen LogP contribution in [0.2, 0.25) is 0 Å². The Morgan fingerprint density at radius 3 is 2.48 bits per heavy atom. The van der Waals surface area contributed by atoms with Gasteiger partial charge in [-0.25, -0.2) is 0 Å². The third-order valence-electron chi connectivity index (χ3n) is 4.29. The van der Waals surface area contributed by atoms with Gasteiger partial charge in [0.2, 0.25) is 0 Å². The monoisotopic (exact) mass is 378 g/mol. The zero-order chi connectivity index (χ0) is 18.1. The maximum Gasteiger partial charge on any atom is 0.173 e. The summed E-state index contributed by atoms with van der Waals surface area (Å²) in [6.45, 7) is 9.62. The van der Waals surface area contributed by atoms with E-state index in [1.807, 2.05) is 24.3 Å². The Hall–Kier alpha value is -1.63. The molecule has 1 aromatic carbocycles. The van der Waals surface area contributed by atoms with Crippen LogP contribution in [-0.2, 0) is 6.54 Å². The largest absolute Gasteiger partial charge is 0.497 e. The van der Waals surface area contributed by atoms with E-state index in [4.69, 9.17) is 17.0 Å². The molecule has 0 bridgehead atoms. The van der Waals surface area contributed by atoms with Crippen LogP contribution in [0.3, 0.4) is 0 Å². The van der Waals surface area contributed by atoms with Gasteiger partial charge in [-0.2, -0.15) is 0 Å². The fraction of sp³-hybridized carbons (Fsp3) is 0.421. The number of methoxy groups -OCH3 is 1. The molecular weight excluding hydrogens is 350 g/mol. The zero-order valence-electron chi connectivity index (χ0n) is 15.2. The van der Waals surface area contributed by atoms with Gasteiger partial charge in [0.15, 0.2) is 5.11 Å². The van der Waals surface area contributed by atoms with Gasteiger partial charge >= 0.3 is 0 Å². The normalized spacial score (nSPS) is 10.7. The van der Waals surface area contributed by atoms with Crippen molar-refractivity contribution in [1.29, 1.82) is 0 Å². The van der Waals surface area contributed by atoms with Crippen molar-refractivity contribution in [2.45, 2.75) is 20.4 Å². The molecule has 25 heavy (non-hydrogen) atoms. The molecule has 2 aromatic rings. The minimum atomic E-state index is 0.769. The Balaban J connectivity index is 2.02. The molecule has 6 heteroatoms. The van der Waals surface area contributed by atoms with Crippen LogP contribution in [0.5, 0.6) is 5.75 Å². The number of nitrogens with one attached hydrogen (secondary N) is 2. The number of quaternary nitrogens is 1. The molecule has 1 aromatic heterocycles. The number of benzene rings is 1. The molecule has 0 saturated carbocycles. The molecule has 0 spiro atoms. The molecule has 1 heterocycles. The average Bonchev–Trinajstić information content (AvgIpc) is 3.15. The lowest BCUT2D eigenvalue weighted by Crippen LogP contribution is -3.12. The number of thiocarbonyl (C=S) groups is 1. The van der Waals surface area contributed by atoms with Gasteiger partial charge in [-0.3, -0.25) is 0 Å². The van der Waals surface area contributed by atoms with Crippen molar-refractivity contribution in [2.75, 3.05) is 38.6 Å². The summed E-state index contributed by atoms with van der Waals surface area (Å²) in [5.74, 6) is 0.844. The smallest absolute Gasteiger partial charge is 0.173 e. The Kier molecular flexibility index (Phi) is 8.18. The summed E-state index contributed by atoms with van der Waals surface area (Å²) in [6, 6.07) is 12.1. The number of hydrogen-bond acceptors (Lipinski definition) is 3. The molecule has 0 radical (unpaired) electrons. The summed E-state index contributed by atoms with van der Waals surface area (Å²) < 4.78 is 5.21. The van der Waals surface area contributed by atoms with Crippen molar-refractivity contribution in [2.24, 2.45) is 0 Å². The summed E-state index contributed by atoms with van der Waals surface area (Å²) >= 11 is 7.47. The van der Waals surface area contributed by atoms with Crippen molar-refractivity contribution in [1.82, 2.24) is 4.90 Å². The SMILES string of the molecule is CC[NH+](CC)CCN(Cc1cccs1)C(=S)Nc1ccc(OC)cc1. The van der Waals surface area contributed by atoms with Crippen LogP contribution >= 0.6 is 23.6 Å². The van der Waals surface area contributed by atoms with Crippen molar-refractivity contribution in [3.63, 3.8) is 0 Å². The van der Waals surface area contributed by atoms with E-state index in [1.165, 1.54) is 4.88 Å². The number of ether oxygens (including phenoxy) is 1. The van der Waals surface area contributed by atoms with Crippen molar-refractivity contribution < 1.29 is 9.64 Å². The van der Waals surface area contributed by atoms with Crippen LogP contribution in [0.4, 0.5) is 5.69 Å². The summed E-state index contributed by atoms with van der Waals surface area (Å²) in [7, 11) is 1.67. The number of thiophene rings is 1. The molecule has 136 valence electrons. The summed E-state index contributed by atoms with van der Waals surface area (Å²) in [6.07, 6.45) is 0. The second kappa shape index (κ2) is 10.4. The fourth-order valence-electron chi connectivity index (χ4n) is 2.62. The van der Waals surface area contributed by atoms with Gasteiger partial charge in [0.1, 0.15) is 5.75 Å². The van der Waals surface area contributed by atoms with E-state index in [9.17, 15) is 0 Å². The second-order valence-corrected chi connectivity index (χ2v) is 7.29. The Bertz CT molecular complexity index is 625. The highest BCUT2D eigenvalue weighted by Crippen LogP contribution is 2.17. The van der Waals surface area contributed by atoms with Crippen LogP contribution in [0.15, 0.2) is 41.8 Å². The highest BCUT2D eigenvalue weighted by atomic mass is 32.1. The standard InChI is InChI=1S/C19H27N3OS2/c1-4-21(5-2)12-13-22(15-18-7-6-14-25-18)19(24)20-16-8-10-17(23-3)11-9-16/h6-11,14H,4-5,12-13,15H2,1-3H3,(H,20,24)/p+1. The number of likely N-dealkylation sites (N-methyl/N-ethyl adjacent to an activating group) is 1. The molecule has 0 atom stereocenters. The van der Waals surface area contributed by atoms with E-state index in [2.05, 4.69) is 41.6 Å². The maximum atomic E-state index is 5.70. The average molecular weight is 379 g/mol. The van der Waals surface area contributed by atoms with Gasteiger partial charge in [-0.1, -0.05) is 6.07 Å². The lowest BCUT2D eigenvalue weighted by Gasteiger charge is -2.27. The lowest BCUT2D eigenvalue weighted by molar-refractivity contribution is -0.895. The van der Waals surface area contributed by atoms with Crippen molar-refractivity contribution in [3.05, 3.63) is 46.7 Å². The minimum absolute atomic E-state index is 0.769. The predicted octanol–water partition coefficient (Wildman–Crippen LogP) is 2.88. The molecule has 0 aliphatic rings. The van der Waals surface area contributed by atoms with E-state index in [0.29, 0.717) is 0 Å². The number of nitrogens with zero attached hydrogens (tertiary/aromatic N) is 1. The van der Waals surface area contributed by atoms with E-state index in [-0.39, 0.29) is 0 Å². The first-order valence-corrected chi connectivity index (χ1v) is 10.0. The van der Waals surface area contributed by atoms with E-state index in [1.54, 1.807) is 23.3 Å². The number of rotatable bonds is 9. The van der Waals surface area contributed by atoms with Crippen LogP contribution < -0.4 is 15.0 Å². The topological polar surface area (TPSA) is 28.9 Å². The molecule has 0 fully saturated rings. The quantitative estimate of drug-likeness (QED) is 0.657. The first-order valence-electron chi connectivity index (χ1n) is 8.72. The van der Waals surface area contributed by atoms with Gasteiger partial charge in [0, 0.05) is 10.6 Å². The van der Waals surface area contributed by atoms with E-state index in [0.717, 1.165) is 49.3 Å². The highest BCUT2D eigenvalue weighted by molar-refractivity contribution is 7.80. The number of anilines is 1. The van der Waals surface area contributed by atoms with Crippen LogP contribution in [0.1, 0.15) is 18.7 Å². The fourth-order valence-corrected chi connectivity index (χ4v) is 3.61. The van der Waals surface area contributed by atoms with Crippen LogP contribution in [0, 0.1) is 0 Å². The predicted molar refractivity (Wildman–Crippen MR) is 111 cm³/mol. The molecule has 0 aliphatic carbocycles. The van der Waals surface area contributed by atoms with Gasteiger partial charge < -0.3 is 19.9 Å². The van der Waals surface area contributed by atoms with Crippen LogP contribution in [0.25, 0.3) is 0 Å². The molecular formula is C19H28N3OS2+. The first-order chi connectivity index (χ1) is 12.2. The number of hydrogen-bond donors (Lipinski definition) is 2. The molecule has 4 nitrogen and oxygen atoms in total. The summed E-state index contributed by atoms with van der Waals surface area (Å²) in [5, 5.41) is 6.25. The first kappa shape index (κ1) is 19.7. The molecule has 2 N–H and O–H groups in total. The van der Waals surface area contributed by atoms with E-state index < -0.39 is 0 Å². The second-order valence-electron chi connectivity index (χ2n) is 5.87. The van der Waals surface area contributed by atoms with Gasteiger partial charge in [0.05, 0.1) is 39.8 Å². The zero-order valence-corrected chi connectivity index (χ0v) is 16.9. The van der Waals surface area contributed by atoms with Crippen LogP contribution in [-0.4, -0.2) is 43.3 Å². The Morgan fingerprint density at radius 1 is 1.20 bits per heavy atom. The van der Waals surface area contributed by atoms with Gasteiger partial charge in [-0.15, -0.1) is 11.3 Å². The minimum Gasteiger partial charge on any atom is -0.497 e. The Morgan fingerprint density at radius 2 is 1.92 bits per heavy atom. The molecule has 0 unspecified atom stereocenters. The molecule has 0 amide bonds. The van der Waals surface area contributed by atoms with Crippen molar-refractivity contribution >= 4 is 34.4 Å². The molecule has 2 rings (SSSR count). The van der Waals surface area contributed by atoms with Gasteiger partial charge in [-0.05, 0) is 61.8 Å². The van der Waals surface area contributed by atoms with E-state index >= 15 is 0 Å². The van der Waals surface area contributed by atoms with Gasteiger partial charge in [0.25, 0.3) is 0 Å². The Labute approximate surface area is 160 Å².